The molecule has 0 atom stereocenters. The van der Waals surface area contributed by atoms with E-state index in [1.54, 1.807) is 14.2 Å². The first-order valence-electron chi connectivity index (χ1n) is 3.90. The minimum atomic E-state index is 0. The molecular weight excluding hydrogens is 223 g/mol. The maximum atomic E-state index is 5.02. The van der Waals surface area contributed by atoms with E-state index in [0.29, 0.717) is 0 Å². The molecule has 0 fully saturated rings. The molecule has 0 bridgehead atoms. The zero-order valence-electron chi connectivity index (χ0n) is 8.69. The van der Waals surface area contributed by atoms with Crippen molar-refractivity contribution in [3.05, 3.63) is 0 Å². The number of unbranched alkanes of at least 4 members (excludes halogenated alkanes) is 2. The Balaban J connectivity index is -0.000000135. The summed E-state index contributed by atoms with van der Waals surface area (Å²) in [5.41, 5.74) is 0. The molecule has 0 radical (unpaired) electrons. The van der Waals surface area contributed by atoms with Crippen LogP contribution in [0, 0.1) is 0 Å². The van der Waals surface area contributed by atoms with Gasteiger partial charge in [0, 0.05) is 14.2 Å². The topological polar surface area (TPSA) is 18.5 Å². The number of hydrogen-bond donors (Lipinski definition) is 0. The first kappa shape index (κ1) is 23.8. The van der Waals surface area contributed by atoms with E-state index < -0.39 is 0 Å². The summed E-state index contributed by atoms with van der Waals surface area (Å²) in [6.45, 7) is 2.19. The minimum absolute atomic E-state index is 0. The molecule has 0 amide bonds. The van der Waals surface area contributed by atoms with Crippen LogP contribution in [0.15, 0.2) is 0 Å². The Bertz CT molecular complexity index is 73.2. The van der Waals surface area contributed by atoms with E-state index in [0.717, 1.165) is 6.42 Å². The molecule has 0 heterocycles. The Morgan fingerprint density at radius 3 is 1.77 bits per heavy atom. The Labute approximate surface area is 110 Å². The van der Waals surface area contributed by atoms with Gasteiger partial charge in [-0.05, 0) is 12.8 Å². The zero-order valence-corrected chi connectivity index (χ0v) is 11.6. The van der Waals surface area contributed by atoms with Gasteiger partial charge >= 0.3 is 23.1 Å². The minimum Gasteiger partial charge on any atom is -1.00 e. The number of hydrogen-bond acceptors (Lipinski definition) is 2. The van der Waals surface area contributed by atoms with Crippen molar-refractivity contribution in [3.8, 4) is 0 Å². The van der Waals surface area contributed by atoms with E-state index in [4.69, 9.17) is 9.47 Å². The van der Waals surface area contributed by atoms with Gasteiger partial charge < -0.3 is 34.3 Å². The molecule has 13 heavy (non-hydrogen) atoms. The standard InChI is InChI=1S/C8H18O2.2ClH.Mg/c1-4-5-6-7-8(9-2)10-3;;;/h8H,4-7H2,1-3H3;2*1H;/q;;;+2/p-2. The molecule has 0 aromatic carbocycles. The Kier molecular flexibility index (Phi) is 34.7. The Morgan fingerprint density at radius 2 is 1.46 bits per heavy atom. The van der Waals surface area contributed by atoms with E-state index in [1.807, 2.05) is 0 Å². The summed E-state index contributed by atoms with van der Waals surface area (Å²) in [4.78, 5) is 0. The summed E-state index contributed by atoms with van der Waals surface area (Å²) in [5, 5.41) is 0. The van der Waals surface area contributed by atoms with Gasteiger partial charge in [0.1, 0.15) is 0 Å². The van der Waals surface area contributed by atoms with Crippen LogP contribution in [0.25, 0.3) is 0 Å². The van der Waals surface area contributed by atoms with E-state index in [9.17, 15) is 0 Å². The number of ether oxygens (including phenoxy) is 2. The van der Waals surface area contributed by atoms with Crippen LogP contribution >= 0.6 is 0 Å². The van der Waals surface area contributed by atoms with Crippen LogP contribution < -0.4 is 24.8 Å². The fourth-order valence-electron chi connectivity index (χ4n) is 0.893. The SMILES string of the molecule is CCCCCC(OC)OC.[Cl-].[Cl-].[Mg+2]. The van der Waals surface area contributed by atoms with Crippen molar-refractivity contribution in [1.29, 1.82) is 0 Å². The van der Waals surface area contributed by atoms with E-state index in [-0.39, 0.29) is 54.2 Å². The second-order valence-corrected chi connectivity index (χ2v) is 2.40. The summed E-state index contributed by atoms with van der Waals surface area (Å²) < 4.78 is 10.0. The van der Waals surface area contributed by atoms with Crippen molar-refractivity contribution in [2.45, 2.75) is 38.9 Å². The molecule has 0 aliphatic rings. The van der Waals surface area contributed by atoms with Gasteiger partial charge in [-0.3, -0.25) is 0 Å². The third-order valence-corrected chi connectivity index (χ3v) is 1.57. The number of rotatable bonds is 6. The largest absolute Gasteiger partial charge is 2.00 e. The fraction of sp³-hybridized carbons (Fsp3) is 1.00. The molecular formula is C8H18Cl2MgO2. The van der Waals surface area contributed by atoms with Gasteiger partial charge in [-0.25, -0.2) is 0 Å². The molecule has 0 rings (SSSR count). The van der Waals surface area contributed by atoms with Crippen molar-refractivity contribution < 1.29 is 34.3 Å². The van der Waals surface area contributed by atoms with Gasteiger partial charge in [0.05, 0.1) is 0 Å². The van der Waals surface area contributed by atoms with Crippen LogP contribution in [0.1, 0.15) is 32.6 Å². The molecule has 0 saturated carbocycles. The number of halogens is 2. The number of methoxy groups -OCH3 is 2. The van der Waals surface area contributed by atoms with E-state index >= 15 is 0 Å². The van der Waals surface area contributed by atoms with Gasteiger partial charge in [0.2, 0.25) is 0 Å². The predicted molar refractivity (Wildman–Crippen MR) is 47.7 cm³/mol. The molecule has 0 saturated heterocycles. The second-order valence-electron chi connectivity index (χ2n) is 2.40. The summed E-state index contributed by atoms with van der Waals surface area (Å²) in [6, 6.07) is 0. The van der Waals surface area contributed by atoms with Crippen molar-refractivity contribution in [3.63, 3.8) is 0 Å². The third kappa shape index (κ3) is 16.0. The summed E-state index contributed by atoms with van der Waals surface area (Å²) >= 11 is 0. The summed E-state index contributed by atoms with van der Waals surface area (Å²) in [6.07, 6.45) is 4.74. The van der Waals surface area contributed by atoms with Crippen molar-refractivity contribution in [2.24, 2.45) is 0 Å². The zero-order chi connectivity index (χ0) is 7.82. The quantitative estimate of drug-likeness (QED) is 0.267. The third-order valence-electron chi connectivity index (χ3n) is 1.57. The first-order valence-corrected chi connectivity index (χ1v) is 3.90. The molecule has 0 spiro atoms. The van der Waals surface area contributed by atoms with Gasteiger partial charge in [0.25, 0.3) is 0 Å². The first-order chi connectivity index (χ1) is 4.85. The van der Waals surface area contributed by atoms with Crippen molar-refractivity contribution in [2.75, 3.05) is 14.2 Å². The van der Waals surface area contributed by atoms with Crippen LogP contribution in [0.5, 0.6) is 0 Å². The second kappa shape index (κ2) is 18.9. The Morgan fingerprint density at radius 1 is 1.00 bits per heavy atom. The average Bonchev–Trinajstić information content (AvgIpc) is 1.99. The molecule has 78 valence electrons. The molecule has 0 N–H and O–H groups in total. The molecule has 0 aromatic heterocycles. The van der Waals surface area contributed by atoms with Crippen LogP contribution in [0.3, 0.4) is 0 Å². The summed E-state index contributed by atoms with van der Waals surface area (Å²) in [7, 11) is 3.36. The average molecular weight is 241 g/mol. The van der Waals surface area contributed by atoms with Gasteiger partial charge in [0.15, 0.2) is 6.29 Å². The maximum absolute atomic E-state index is 5.02. The van der Waals surface area contributed by atoms with E-state index in [1.165, 1.54) is 19.3 Å². The predicted octanol–water partition coefficient (Wildman–Crippen LogP) is -4.19. The van der Waals surface area contributed by atoms with Crippen LogP contribution in [0.4, 0.5) is 0 Å². The van der Waals surface area contributed by atoms with Gasteiger partial charge in [-0.15, -0.1) is 0 Å². The normalized spacial score (nSPS) is 8.31. The van der Waals surface area contributed by atoms with E-state index in [2.05, 4.69) is 6.92 Å². The molecule has 0 aliphatic carbocycles. The molecule has 2 nitrogen and oxygen atoms in total. The molecule has 0 unspecified atom stereocenters. The fourth-order valence-corrected chi connectivity index (χ4v) is 0.893. The summed E-state index contributed by atoms with van der Waals surface area (Å²) in [5.74, 6) is 0. The van der Waals surface area contributed by atoms with Crippen LogP contribution in [0.2, 0.25) is 0 Å². The van der Waals surface area contributed by atoms with Gasteiger partial charge in [-0.2, -0.15) is 0 Å². The van der Waals surface area contributed by atoms with Gasteiger partial charge in [-0.1, -0.05) is 19.8 Å². The van der Waals surface area contributed by atoms with Crippen molar-refractivity contribution >= 4 is 23.1 Å². The van der Waals surface area contributed by atoms with Crippen LogP contribution in [-0.4, -0.2) is 43.6 Å². The van der Waals surface area contributed by atoms with Crippen LogP contribution in [-0.2, 0) is 9.47 Å². The molecule has 0 aliphatic heterocycles. The monoisotopic (exact) mass is 240 g/mol. The molecule has 0 aromatic rings. The Hall–Kier alpha value is 1.27. The molecule has 5 heteroatoms. The smallest absolute Gasteiger partial charge is 1.00 e. The maximum Gasteiger partial charge on any atom is 2.00 e. The van der Waals surface area contributed by atoms with Crippen molar-refractivity contribution in [1.82, 2.24) is 0 Å².